The fourth-order valence-corrected chi connectivity index (χ4v) is 5.78. The number of amides is 1. The van der Waals surface area contributed by atoms with Crippen molar-refractivity contribution in [2.24, 2.45) is 0 Å². The van der Waals surface area contributed by atoms with Crippen molar-refractivity contribution in [2.75, 3.05) is 44.7 Å². The van der Waals surface area contributed by atoms with Crippen molar-refractivity contribution >= 4 is 21.6 Å². The summed E-state index contributed by atoms with van der Waals surface area (Å²) in [5, 5.41) is 3.00. The van der Waals surface area contributed by atoms with E-state index in [0.29, 0.717) is 39.1 Å². The van der Waals surface area contributed by atoms with Gasteiger partial charge in [0, 0.05) is 31.7 Å². The van der Waals surface area contributed by atoms with Gasteiger partial charge >= 0.3 is 0 Å². The van der Waals surface area contributed by atoms with E-state index < -0.39 is 10.0 Å². The third-order valence-electron chi connectivity index (χ3n) is 6.24. The van der Waals surface area contributed by atoms with Crippen molar-refractivity contribution in [2.45, 2.75) is 43.5 Å². The van der Waals surface area contributed by atoms with Crippen LogP contribution in [-0.4, -0.2) is 62.9 Å². The molecule has 2 saturated heterocycles. The fraction of sp³-hybridized carbons (Fsp3) is 0.480. The maximum Gasteiger partial charge on any atom is 0.243 e. The van der Waals surface area contributed by atoms with E-state index >= 15 is 0 Å². The highest BCUT2D eigenvalue weighted by atomic mass is 32.2. The van der Waals surface area contributed by atoms with Crippen LogP contribution in [0.2, 0.25) is 0 Å². The predicted molar refractivity (Wildman–Crippen MR) is 129 cm³/mol. The molecule has 2 heterocycles. The van der Waals surface area contributed by atoms with Crippen LogP contribution in [0, 0.1) is 0 Å². The normalized spacial score (nSPS) is 18.2. The standard InChI is InChI=1S/C25H33N3O4S/c29-25(26-23-6-4-5-22(19-23)20-27-13-2-1-3-14-27)12-9-21-7-10-24(11-8-21)33(30,31)28-15-17-32-18-16-28/h4-8,10-11,19H,1-3,9,12-18,20H2,(H,26,29). The van der Waals surface area contributed by atoms with Crippen LogP contribution in [-0.2, 0) is 32.5 Å². The summed E-state index contributed by atoms with van der Waals surface area (Å²) in [5.74, 6) is -0.0462. The smallest absolute Gasteiger partial charge is 0.243 e. The van der Waals surface area contributed by atoms with E-state index in [4.69, 9.17) is 4.74 Å². The van der Waals surface area contributed by atoms with E-state index in [0.717, 1.165) is 30.9 Å². The number of morpholine rings is 1. The lowest BCUT2D eigenvalue weighted by Gasteiger charge is -2.26. The maximum absolute atomic E-state index is 12.7. The largest absolute Gasteiger partial charge is 0.379 e. The van der Waals surface area contributed by atoms with Gasteiger partial charge in [-0.2, -0.15) is 4.31 Å². The van der Waals surface area contributed by atoms with E-state index in [-0.39, 0.29) is 10.8 Å². The highest BCUT2D eigenvalue weighted by Gasteiger charge is 2.26. The number of benzene rings is 2. The van der Waals surface area contributed by atoms with Crippen LogP contribution in [0.4, 0.5) is 5.69 Å². The maximum atomic E-state index is 12.7. The Morgan fingerprint density at radius 3 is 2.36 bits per heavy atom. The number of carbonyl (C=O) groups excluding carboxylic acids is 1. The second-order valence-electron chi connectivity index (χ2n) is 8.75. The van der Waals surface area contributed by atoms with Gasteiger partial charge in [0.15, 0.2) is 0 Å². The van der Waals surface area contributed by atoms with Gasteiger partial charge in [-0.1, -0.05) is 30.7 Å². The van der Waals surface area contributed by atoms with Crippen LogP contribution in [0.3, 0.4) is 0 Å². The molecule has 0 bridgehead atoms. The van der Waals surface area contributed by atoms with Crippen LogP contribution >= 0.6 is 0 Å². The molecular formula is C25H33N3O4S. The van der Waals surface area contributed by atoms with Crippen LogP contribution in [0.5, 0.6) is 0 Å². The SMILES string of the molecule is O=C(CCc1ccc(S(=O)(=O)N2CCOCC2)cc1)Nc1cccc(CN2CCCCC2)c1. The summed E-state index contributed by atoms with van der Waals surface area (Å²) in [6.45, 7) is 4.81. The zero-order valence-corrected chi connectivity index (χ0v) is 19.9. The molecule has 1 N–H and O–H groups in total. The Balaban J connectivity index is 1.28. The molecule has 8 heteroatoms. The number of hydrogen-bond acceptors (Lipinski definition) is 5. The Kier molecular flexibility index (Phi) is 8.14. The molecule has 33 heavy (non-hydrogen) atoms. The average Bonchev–Trinajstić information content (AvgIpc) is 2.84. The zero-order chi connectivity index (χ0) is 23.1. The van der Waals surface area contributed by atoms with Crippen molar-refractivity contribution in [3.05, 3.63) is 59.7 Å². The number of nitrogens with one attached hydrogen (secondary N) is 1. The van der Waals surface area contributed by atoms with Gasteiger partial charge in [0.25, 0.3) is 0 Å². The molecule has 2 aliphatic rings. The molecule has 0 unspecified atom stereocenters. The van der Waals surface area contributed by atoms with Gasteiger partial charge in [0.2, 0.25) is 15.9 Å². The van der Waals surface area contributed by atoms with Crippen molar-refractivity contribution in [3.8, 4) is 0 Å². The minimum absolute atomic E-state index is 0.0462. The van der Waals surface area contributed by atoms with Crippen LogP contribution in [0.15, 0.2) is 53.4 Å². The van der Waals surface area contributed by atoms with Crippen LogP contribution < -0.4 is 5.32 Å². The van der Waals surface area contributed by atoms with Crippen molar-refractivity contribution in [1.82, 2.24) is 9.21 Å². The minimum atomic E-state index is -3.50. The summed E-state index contributed by atoms with van der Waals surface area (Å²) in [6.07, 6.45) is 4.73. The van der Waals surface area contributed by atoms with Crippen molar-refractivity contribution in [1.29, 1.82) is 0 Å². The first-order valence-electron chi connectivity index (χ1n) is 11.8. The summed E-state index contributed by atoms with van der Waals surface area (Å²) in [6, 6.07) is 14.9. The molecule has 0 atom stereocenters. The fourth-order valence-electron chi connectivity index (χ4n) is 4.37. The summed E-state index contributed by atoms with van der Waals surface area (Å²) in [4.78, 5) is 15.2. The number of ether oxygens (including phenoxy) is 1. The van der Waals surface area contributed by atoms with Crippen LogP contribution in [0.1, 0.15) is 36.8 Å². The van der Waals surface area contributed by atoms with E-state index in [1.54, 1.807) is 24.3 Å². The number of carbonyl (C=O) groups is 1. The molecule has 2 aromatic carbocycles. The average molecular weight is 472 g/mol. The van der Waals surface area contributed by atoms with E-state index in [1.807, 2.05) is 12.1 Å². The Bertz CT molecular complexity index is 1030. The van der Waals surface area contributed by atoms with E-state index in [9.17, 15) is 13.2 Å². The quantitative estimate of drug-likeness (QED) is 0.639. The molecule has 0 aliphatic carbocycles. The molecule has 2 aromatic rings. The zero-order valence-electron chi connectivity index (χ0n) is 19.0. The minimum Gasteiger partial charge on any atom is -0.379 e. The molecule has 0 spiro atoms. The Hall–Kier alpha value is -2.26. The summed E-state index contributed by atoms with van der Waals surface area (Å²) in [7, 11) is -3.50. The molecule has 1 amide bonds. The monoisotopic (exact) mass is 471 g/mol. The van der Waals surface area contributed by atoms with E-state index in [1.165, 1.54) is 29.1 Å². The summed E-state index contributed by atoms with van der Waals surface area (Å²) >= 11 is 0. The number of likely N-dealkylation sites (tertiary alicyclic amines) is 1. The number of piperidine rings is 1. The van der Waals surface area contributed by atoms with Gasteiger partial charge in [0.05, 0.1) is 18.1 Å². The third-order valence-corrected chi connectivity index (χ3v) is 8.15. The highest BCUT2D eigenvalue weighted by molar-refractivity contribution is 7.89. The molecule has 4 rings (SSSR count). The summed E-state index contributed by atoms with van der Waals surface area (Å²) < 4.78 is 32.1. The Labute approximate surface area is 196 Å². The van der Waals surface area contributed by atoms with Gasteiger partial charge in [0.1, 0.15) is 0 Å². The lowest BCUT2D eigenvalue weighted by Crippen LogP contribution is -2.40. The van der Waals surface area contributed by atoms with Gasteiger partial charge < -0.3 is 10.1 Å². The second-order valence-corrected chi connectivity index (χ2v) is 10.7. The molecule has 178 valence electrons. The summed E-state index contributed by atoms with van der Waals surface area (Å²) in [5.41, 5.74) is 2.97. The lowest BCUT2D eigenvalue weighted by atomic mass is 10.1. The topological polar surface area (TPSA) is 79.0 Å². The van der Waals surface area contributed by atoms with Crippen LogP contribution in [0.25, 0.3) is 0 Å². The van der Waals surface area contributed by atoms with E-state index in [2.05, 4.69) is 22.3 Å². The Morgan fingerprint density at radius 2 is 1.64 bits per heavy atom. The third kappa shape index (κ3) is 6.63. The van der Waals surface area contributed by atoms with Gasteiger partial charge in [-0.25, -0.2) is 8.42 Å². The number of nitrogens with zero attached hydrogens (tertiary/aromatic N) is 2. The van der Waals surface area contributed by atoms with Gasteiger partial charge in [-0.15, -0.1) is 0 Å². The van der Waals surface area contributed by atoms with Gasteiger partial charge in [-0.3, -0.25) is 9.69 Å². The number of rotatable bonds is 8. The molecule has 2 fully saturated rings. The molecule has 0 radical (unpaired) electrons. The first-order valence-corrected chi connectivity index (χ1v) is 13.2. The number of anilines is 1. The molecule has 0 saturated carbocycles. The number of hydrogen-bond donors (Lipinski definition) is 1. The molecule has 0 aromatic heterocycles. The number of aryl methyl sites for hydroxylation is 1. The van der Waals surface area contributed by atoms with Crippen molar-refractivity contribution < 1.29 is 17.9 Å². The predicted octanol–water partition coefficient (Wildman–Crippen LogP) is 3.26. The first kappa shape index (κ1) is 23.9. The highest BCUT2D eigenvalue weighted by Crippen LogP contribution is 2.19. The number of sulfonamides is 1. The van der Waals surface area contributed by atoms with Gasteiger partial charge in [-0.05, 0) is 67.7 Å². The molecule has 7 nitrogen and oxygen atoms in total. The second kappa shape index (κ2) is 11.2. The first-order chi connectivity index (χ1) is 16.0. The lowest BCUT2D eigenvalue weighted by molar-refractivity contribution is -0.116. The molecular weight excluding hydrogens is 438 g/mol. The van der Waals surface area contributed by atoms with Crippen molar-refractivity contribution in [3.63, 3.8) is 0 Å². The Morgan fingerprint density at radius 1 is 0.909 bits per heavy atom. The molecule has 2 aliphatic heterocycles.